The van der Waals surface area contributed by atoms with Crippen LogP contribution in [-0.4, -0.2) is 38.5 Å². The third-order valence-corrected chi connectivity index (χ3v) is 3.94. The van der Waals surface area contributed by atoms with Gasteiger partial charge in [-0.25, -0.2) is 0 Å². The lowest BCUT2D eigenvalue weighted by Crippen LogP contribution is -2.38. The van der Waals surface area contributed by atoms with Crippen molar-refractivity contribution in [1.82, 2.24) is 5.32 Å². The van der Waals surface area contributed by atoms with Gasteiger partial charge in [0.2, 0.25) is 0 Å². The largest absolute Gasteiger partial charge is 0.486 e. The lowest BCUT2D eigenvalue weighted by molar-refractivity contribution is 0.0135. The van der Waals surface area contributed by atoms with Gasteiger partial charge in [0.05, 0.1) is 6.10 Å². The zero-order valence-electron chi connectivity index (χ0n) is 12.1. The molecule has 1 aromatic carbocycles. The van der Waals surface area contributed by atoms with Gasteiger partial charge in [0.1, 0.15) is 13.2 Å². The van der Waals surface area contributed by atoms with E-state index >= 15 is 0 Å². The Bertz CT molecular complexity index is 449. The molecule has 1 aromatic rings. The Balaban J connectivity index is 1.48. The van der Waals surface area contributed by atoms with Crippen molar-refractivity contribution in [2.75, 3.05) is 26.4 Å². The highest BCUT2D eigenvalue weighted by Gasteiger charge is 2.18. The maximum absolute atomic E-state index is 5.61. The molecule has 1 fully saturated rings. The van der Waals surface area contributed by atoms with E-state index in [4.69, 9.17) is 14.2 Å². The molecule has 0 aromatic heterocycles. The summed E-state index contributed by atoms with van der Waals surface area (Å²) < 4.78 is 16.7. The van der Waals surface area contributed by atoms with Crippen LogP contribution in [0.4, 0.5) is 0 Å². The van der Waals surface area contributed by atoms with E-state index in [2.05, 4.69) is 24.4 Å². The third-order valence-electron chi connectivity index (χ3n) is 3.94. The summed E-state index contributed by atoms with van der Waals surface area (Å²) in [5.74, 6) is 1.75. The molecule has 4 nitrogen and oxygen atoms in total. The van der Waals surface area contributed by atoms with Crippen LogP contribution in [0.15, 0.2) is 18.2 Å². The van der Waals surface area contributed by atoms with Gasteiger partial charge in [-0.15, -0.1) is 0 Å². The number of rotatable bonds is 4. The molecule has 0 aliphatic carbocycles. The maximum Gasteiger partial charge on any atom is 0.161 e. The number of fused-ring (bicyclic) bond motifs is 1. The minimum absolute atomic E-state index is 0.385. The Morgan fingerprint density at radius 2 is 2.00 bits per heavy atom. The van der Waals surface area contributed by atoms with Gasteiger partial charge < -0.3 is 19.5 Å². The van der Waals surface area contributed by atoms with Crippen LogP contribution in [0.1, 0.15) is 25.3 Å². The average molecular weight is 277 g/mol. The molecule has 3 rings (SSSR count). The highest BCUT2D eigenvalue weighted by atomic mass is 16.6. The second kappa shape index (κ2) is 6.46. The zero-order valence-corrected chi connectivity index (χ0v) is 12.1. The summed E-state index contributed by atoms with van der Waals surface area (Å²) in [6.45, 7) is 5.32. The second-order valence-corrected chi connectivity index (χ2v) is 5.58. The van der Waals surface area contributed by atoms with Gasteiger partial charge in [-0.2, -0.15) is 0 Å². The van der Waals surface area contributed by atoms with E-state index in [9.17, 15) is 0 Å². The summed E-state index contributed by atoms with van der Waals surface area (Å²) in [6.07, 6.45) is 3.63. The fourth-order valence-electron chi connectivity index (χ4n) is 2.85. The van der Waals surface area contributed by atoms with Crippen molar-refractivity contribution < 1.29 is 14.2 Å². The smallest absolute Gasteiger partial charge is 0.161 e. The first-order valence-corrected chi connectivity index (χ1v) is 7.55. The lowest BCUT2D eigenvalue weighted by atomic mass is 10.0. The first-order chi connectivity index (χ1) is 9.81. The molecule has 1 N–H and O–H groups in total. The van der Waals surface area contributed by atoms with Crippen molar-refractivity contribution in [3.05, 3.63) is 23.8 Å². The first kappa shape index (κ1) is 13.7. The molecule has 0 radical (unpaired) electrons. The predicted octanol–water partition coefficient (Wildman–Crippen LogP) is 2.16. The van der Waals surface area contributed by atoms with E-state index in [0.717, 1.165) is 43.9 Å². The first-order valence-electron chi connectivity index (χ1n) is 7.55. The topological polar surface area (TPSA) is 39.7 Å². The maximum atomic E-state index is 5.61. The van der Waals surface area contributed by atoms with E-state index < -0.39 is 0 Å². The molecule has 2 unspecified atom stereocenters. The number of ether oxygens (including phenoxy) is 3. The van der Waals surface area contributed by atoms with Gasteiger partial charge >= 0.3 is 0 Å². The van der Waals surface area contributed by atoms with Gasteiger partial charge in [0.15, 0.2) is 11.5 Å². The quantitative estimate of drug-likeness (QED) is 0.915. The molecule has 110 valence electrons. The van der Waals surface area contributed by atoms with Crippen LogP contribution in [-0.2, 0) is 11.2 Å². The Hall–Kier alpha value is -1.26. The molecule has 20 heavy (non-hydrogen) atoms. The van der Waals surface area contributed by atoms with Crippen molar-refractivity contribution in [3.8, 4) is 11.5 Å². The van der Waals surface area contributed by atoms with Crippen molar-refractivity contribution in [2.45, 2.75) is 38.3 Å². The van der Waals surface area contributed by atoms with Gasteiger partial charge in [0.25, 0.3) is 0 Å². The molecule has 0 spiro atoms. The van der Waals surface area contributed by atoms with Gasteiger partial charge in [0, 0.05) is 12.6 Å². The lowest BCUT2D eigenvalue weighted by Gasteiger charge is -2.28. The Kier molecular flexibility index (Phi) is 4.43. The summed E-state index contributed by atoms with van der Waals surface area (Å²) in [5.41, 5.74) is 1.29. The zero-order chi connectivity index (χ0) is 13.8. The third kappa shape index (κ3) is 3.44. The molecular weight excluding hydrogens is 254 g/mol. The SMILES string of the molecule is CC1CC(NCCc2ccc3c(c2)OCCO3)CCO1. The minimum atomic E-state index is 0.385. The molecule has 2 aliphatic rings. The van der Waals surface area contributed by atoms with Crippen LogP contribution in [0.5, 0.6) is 11.5 Å². The van der Waals surface area contributed by atoms with Crippen molar-refractivity contribution >= 4 is 0 Å². The number of nitrogens with one attached hydrogen (secondary N) is 1. The Labute approximate surface area is 120 Å². The van der Waals surface area contributed by atoms with Crippen LogP contribution in [0, 0.1) is 0 Å². The van der Waals surface area contributed by atoms with Gasteiger partial charge in [-0.05, 0) is 50.4 Å². The van der Waals surface area contributed by atoms with E-state index in [1.165, 1.54) is 5.56 Å². The van der Waals surface area contributed by atoms with Crippen molar-refractivity contribution in [3.63, 3.8) is 0 Å². The molecular formula is C16H23NO3. The van der Waals surface area contributed by atoms with Crippen LogP contribution in [0.3, 0.4) is 0 Å². The van der Waals surface area contributed by atoms with Gasteiger partial charge in [-0.1, -0.05) is 6.07 Å². The number of benzene rings is 1. The minimum Gasteiger partial charge on any atom is -0.486 e. The van der Waals surface area contributed by atoms with E-state index in [-0.39, 0.29) is 0 Å². The molecule has 2 heterocycles. The summed E-state index contributed by atoms with van der Waals surface area (Å²) >= 11 is 0. The van der Waals surface area contributed by atoms with E-state index in [1.807, 2.05) is 6.07 Å². The van der Waals surface area contributed by atoms with Gasteiger partial charge in [-0.3, -0.25) is 0 Å². The second-order valence-electron chi connectivity index (χ2n) is 5.58. The predicted molar refractivity (Wildman–Crippen MR) is 77.6 cm³/mol. The fraction of sp³-hybridized carbons (Fsp3) is 0.625. The monoisotopic (exact) mass is 277 g/mol. The van der Waals surface area contributed by atoms with Crippen LogP contribution in [0.25, 0.3) is 0 Å². The normalized spacial score (nSPS) is 25.4. The van der Waals surface area contributed by atoms with Crippen LogP contribution in [0.2, 0.25) is 0 Å². The molecule has 0 saturated carbocycles. The number of hydrogen-bond acceptors (Lipinski definition) is 4. The summed E-state index contributed by atoms with van der Waals surface area (Å²) in [4.78, 5) is 0. The summed E-state index contributed by atoms with van der Waals surface area (Å²) in [5, 5.41) is 3.63. The van der Waals surface area contributed by atoms with Crippen LogP contribution < -0.4 is 14.8 Å². The number of hydrogen-bond donors (Lipinski definition) is 1. The Morgan fingerprint density at radius 3 is 2.85 bits per heavy atom. The van der Waals surface area contributed by atoms with E-state index in [1.54, 1.807) is 0 Å². The Morgan fingerprint density at radius 1 is 1.15 bits per heavy atom. The average Bonchev–Trinajstić information content (AvgIpc) is 2.47. The van der Waals surface area contributed by atoms with E-state index in [0.29, 0.717) is 25.4 Å². The molecule has 2 aliphatic heterocycles. The summed E-state index contributed by atoms with van der Waals surface area (Å²) in [7, 11) is 0. The molecule has 2 atom stereocenters. The molecule has 1 saturated heterocycles. The van der Waals surface area contributed by atoms with Crippen molar-refractivity contribution in [1.29, 1.82) is 0 Å². The van der Waals surface area contributed by atoms with Crippen molar-refractivity contribution in [2.24, 2.45) is 0 Å². The molecule has 0 amide bonds. The molecule has 0 bridgehead atoms. The highest BCUT2D eigenvalue weighted by Crippen LogP contribution is 2.30. The highest BCUT2D eigenvalue weighted by molar-refractivity contribution is 5.43. The summed E-state index contributed by atoms with van der Waals surface area (Å²) in [6, 6.07) is 6.83. The standard InChI is InChI=1S/C16H23NO3/c1-12-10-14(5-7-18-12)17-6-4-13-2-3-15-16(11-13)20-9-8-19-15/h2-3,11-12,14,17H,4-10H2,1H3. The van der Waals surface area contributed by atoms with Crippen LogP contribution >= 0.6 is 0 Å². The fourth-order valence-corrected chi connectivity index (χ4v) is 2.85. The molecule has 4 heteroatoms.